The molecule has 7 nitrogen and oxygen atoms in total. The van der Waals surface area contributed by atoms with Gasteiger partial charge in [0.1, 0.15) is 12.2 Å². The van der Waals surface area contributed by atoms with Crippen molar-refractivity contribution in [1.29, 1.82) is 0 Å². The van der Waals surface area contributed by atoms with Gasteiger partial charge in [0, 0.05) is 10.6 Å². The number of rotatable bonds is 5. The molecule has 0 saturated carbocycles. The summed E-state index contributed by atoms with van der Waals surface area (Å²) in [5, 5.41) is 3.54. The van der Waals surface area contributed by atoms with E-state index in [1.54, 1.807) is 36.4 Å². The highest BCUT2D eigenvalue weighted by Gasteiger charge is 2.67. The van der Waals surface area contributed by atoms with Gasteiger partial charge in [-0.05, 0) is 24.3 Å². The molecule has 3 aliphatic rings. The number of carbonyl (C=O) groups is 3. The minimum atomic E-state index is -1.12. The Morgan fingerprint density at radius 3 is 2.55 bits per heavy atom. The average molecular weight is 508 g/mol. The summed E-state index contributed by atoms with van der Waals surface area (Å²) in [4.78, 5) is 39.9. The minimum absolute atomic E-state index is 0.0310. The van der Waals surface area contributed by atoms with Crippen molar-refractivity contribution in [3.63, 3.8) is 0 Å². The van der Waals surface area contributed by atoms with Crippen LogP contribution in [0.5, 0.6) is 0 Å². The Balaban J connectivity index is 1.27. The lowest BCUT2D eigenvalue weighted by Gasteiger charge is -2.28. The first-order chi connectivity index (χ1) is 15.8. The quantitative estimate of drug-likeness (QED) is 0.369. The van der Waals surface area contributed by atoms with Crippen LogP contribution in [0, 0.1) is 11.8 Å². The molecular formula is C23H17Cl3N2O5. The average Bonchev–Trinajstić information content (AvgIpc) is 3.44. The molecular weight excluding hydrogens is 491 g/mol. The number of imide groups is 1. The maximum Gasteiger partial charge on any atom is 0.407 e. The Bertz CT molecular complexity index is 1190. The van der Waals surface area contributed by atoms with Crippen LogP contribution in [-0.4, -0.2) is 36.2 Å². The zero-order valence-corrected chi connectivity index (χ0v) is 19.2. The molecule has 10 heteroatoms. The van der Waals surface area contributed by atoms with Gasteiger partial charge in [0.05, 0.1) is 40.2 Å². The van der Waals surface area contributed by atoms with E-state index in [1.165, 1.54) is 17.0 Å². The lowest BCUT2D eigenvalue weighted by molar-refractivity contribution is -0.126. The van der Waals surface area contributed by atoms with Gasteiger partial charge in [-0.1, -0.05) is 65.2 Å². The van der Waals surface area contributed by atoms with Crippen molar-refractivity contribution < 1.29 is 23.9 Å². The fourth-order valence-corrected chi connectivity index (χ4v) is 5.24. The molecule has 3 amide bonds. The third kappa shape index (κ3) is 3.69. The summed E-state index contributed by atoms with van der Waals surface area (Å²) in [6.45, 7) is -0.157. The Morgan fingerprint density at radius 2 is 1.79 bits per heavy atom. The molecule has 170 valence electrons. The first-order valence-electron chi connectivity index (χ1n) is 10.1. The summed E-state index contributed by atoms with van der Waals surface area (Å²) in [5.74, 6) is -2.01. The summed E-state index contributed by atoms with van der Waals surface area (Å²) in [5.41, 5.74) is -0.110. The van der Waals surface area contributed by atoms with Crippen molar-refractivity contribution in [2.75, 3.05) is 11.4 Å². The molecule has 2 saturated heterocycles. The second-order valence-electron chi connectivity index (χ2n) is 8.03. The molecule has 3 aliphatic heterocycles. The molecule has 2 aromatic rings. The van der Waals surface area contributed by atoms with Crippen molar-refractivity contribution in [3.05, 3.63) is 75.2 Å². The van der Waals surface area contributed by atoms with Crippen molar-refractivity contribution in [2.45, 2.75) is 18.3 Å². The minimum Gasteiger partial charge on any atom is -0.445 e. The maximum atomic E-state index is 13.3. The van der Waals surface area contributed by atoms with Crippen LogP contribution in [0.15, 0.2) is 54.6 Å². The first-order valence-corrected chi connectivity index (χ1v) is 11.3. The van der Waals surface area contributed by atoms with Crippen LogP contribution in [0.2, 0.25) is 15.1 Å². The molecule has 1 N–H and O–H groups in total. The summed E-state index contributed by atoms with van der Waals surface area (Å²) in [6.07, 6.45) is 2.26. The van der Waals surface area contributed by atoms with Crippen LogP contribution >= 0.6 is 34.8 Å². The summed E-state index contributed by atoms with van der Waals surface area (Å²) >= 11 is 18.0. The number of halogens is 3. The second kappa shape index (κ2) is 8.33. The number of amides is 3. The number of hydrogen-bond donors (Lipinski definition) is 1. The standard InChI is InChI=1S/C23H17Cl3N2O5/c24-14-9-16(26)15(25)8-12(14)10-32-22(31)27-11-23-7-6-17(33-23)18-19(23)21(30)28(20(18)29)13-4-2-1-3-5-13/h1-9,17-19H,10-11H2,(H,27,31)/t17-,18+,19-,23+/m0/s1. The fraction of sp³-hybridized carbons (Fsp3) is 0.261. The van der Waals surface area contributed by atoms with Gasteiger partial charge in [0.25, 0.3) is 0 Å². The number of para-hydroxylation sites is 1. The van der Waals surface area contributed by atoms with Crippen molar-refractivity contribution in [3.8, 4) is 0 Å². The molecule has 2 aromatic carbocycles. The van der Waals surface area contributed by atoms with Crippen LogP contribution in [0.1, 0.15) is 5.56 Å². The number of nitrogens with zero attached hydrogens (tertiary/aromatic N) is 1. The van der Waals surface area contributed by atoms with Crippen LogP contribution in [0.3, 0.4) is 0 Å². The van der Waals surface area contributed by atoms with Crippen LogP contribution in [0.4, 0.5) is 10.5 Å². The monoisotopic (exact) mass is 506 g/mol. The number of carbonyl (C=O) groups excluding carboxylic acids is 3. The van der Waals surface area contributed by atoms with Crippen LogP contribution in [-0.2, 0) is 25.7 Å². The van der Waals surface area contributed by atoms with E-state index < -0.39 is 29.6 Å². The van der Waals surface area contributed by atoms with Crippen LogP contribution < -0.4 is 10.2 Å². The van der Waals surface area contributed by atoms with Crippen LogP contribution in [0.25, 0.3) is 0 Å². The third-order valence-electron chi connectivity index (χ3n) is 6.13. The molecule has 0 aliphatic carbocycles. The zero-order valence-electron chi connectivity index (χ0n) is 17.0. The predicted octanol–water partition coefficient (Wildman–Crippen LogP) is 4.39. The van der Waals surface area contributed by atoms with Gasteiger partial charge in [-0.25, -0.2) is 9.69 Å². The number of fused-ring (bicyclic) bond motifs is 5. The van der Waals surface area contributed by atoms with E-state index in [9.17, 15) is 14.4 Å². The molecule has 2 fully saturated rings. The van der Waals surface area contributed by atoms with Gasteiger partial charge in [-0.3, -0.25) is 9.59 Å². The van der Waals surface area contributed by atoms with Gasteiger partial charge >= 0.3 is 6.09 Å². The maximum absolute atomic E-state index is 13.3. The Labute approximate surface area is 204 Å². The lowest BCUT2D eigenvalue weighted by atomic mass is 9.77. The largest absolute Gasteiger partial charge is 0.445 e. The molecule has 3 heterocycles. The molecule has 0 aromatic heterocycles. The highest BCUT2D eigenvalue weighted by molar-refractivity contribution is 6.43. The van der Waals surface area contributed by atoms with Gasteiger partial charge in [-0.15, -0.1) is 0 Å². The van der Waals surface area contributed by atoms with Crippen molar-refractivity contribution >= 4 is 58.4 Å². The number of anilines is 1. The zero-order chi connectivity index (χ0) is 23.3. The Morgan fingerprint density at radius 1 is 1.06 bits per heavy atom. The SMILES string of the molecule is O=C(NC[C@@]12C=C[C@H](O1)[C@H]1C(=O)N(c3ccccc3)C(=O)[C@H]12)OCc1cc(Cl)c(Cl)cc1Cl. The molecule has 0 spiro atoms. The predicted molar refractivity (Wildman–Crippen MR) is 122 cm³/mol. The molecule has 33 heavy (non-hydrogen) atoms. The summed E-state index contributed by atoms with van der Waals surface area (Å²) < 4.78 is 11.2. The van der Waals surface area contributed by atoms with Crippen molar-refractivity contribution in [1.82, 2.24) is 5.32 Å². The van der Waals surface area contributed by atoms with Gasteiger partial charge in [0.15, 0.2) is 0 Å². The molecule has 4 atom stereocenters. The smallest absolute Gasteiger partial charge is 0.407 e. The second-order valence-corrected chi connectivity index (χ2v) is 9.26. The van der Waals surface area contributed by atoms with Gasteiger partial charge in [-0.2, -0.15) is 0 Å². The van der Waals surface area contributed by atoms with Crippen molar-refractivity contribution in [2.24, 2.45) is 11.8 Å². The molecule has 2 bridgehead atoms. The molecule has 5 rings (SSSR count). The number of hydrogen-bond acceptors (Lipinski definition) is 5. The number of nitrogens with one attached hydrogen (secondary N) is 1. The Kier molecular flexibility index (Phi) is 5.61. The topological polar surface area (TPSA) is 84.9 Å². The van der Waals surface area contributed by atoms with Gasteiger partial charge < -0.3 is 14.8 Å². The number of benzene rings is 2. The van der Waals surface area contributed by atoms with E-state index in [4.69, 9.17) is 44.3 Å². The van der Waals surface area contributed by atoms with E-state index >= 15 is 0 Å². The third-order valence-corrected chi connectivity index (χ3v) is 7.20. The Hall–Kier alpha value is -2.58. The first kappa shape index (κ1) is 22.2. The summed E-state index contributed by atoms with van der Waals surface area (Å²) in [7, 11) is 0. The van der Waals surface area contributed by atoms with Gasteiger partial charge in [0.2, 0.25) is 11.8 Å². The van der Waals surface area contributed by atoms with E-state index in [-0.39, 0.29) is 25.0 Å². The lowest BCUT2D eigenvalue weighted by Crippen LogP contribution is -2.49. The van der Waals surface area contributed by atoms with E-state index in [0.717, 1.165) is 0 Å². The van der Waals surface area contributed by atoms with E-state index in [2.05, 4.69) is 5.32 Å². The van der Waals surface area contributed by atoms with E-state index in [1.807, 2.05) is 6.07 Å². The number of alkyl carbamates (subject to hydrolysis) is 1. The highest BCUT2D eigenvalue weighted by atomic mass is 35.5. The normalized spacial score (nSPS) is 27.2. The highest BCUT2D eigenvalue weighted by Crippen LogP contribution is 2.52. The molecule has 0 unspecified atom stereocenters. The summed E-state index contributed by atoms with van der Waals surface area (Å²) in [6, 6.07) is 11.8. The fourth-order valence-electron chi connectivity index (χ4n) is 4.62. The number of ether oxygens (including phenoxy) is 2. The molecule has 0 radical (unpaired) electrons. The van der Waals surface area contributed by atoms with E-state index in [0.29, 0.717) is 26.3 Å².